The van der Waals surface area contributed by atoms with Gasteiger partial charge in [0.25, 0.3) is 0 Å². The Labute approximate surface area is 471 Å². The second-order valence-corrected chi connectivity index (χ2v) is 7.43. The molecule has 0 aliphatic heterocycles. The van der Waals surface area contributed by atoms with Crippen LogP contribution in [0.2, 0.25) is 0 Å². The molecule has 0 saturated carbocycles. The Bertz CT molecular complexity index is 1010. The van der Waals surface area contributed by atoms with Gasteiger partial charge in [0.05, 0.1) is 12.5 Å². The number of aromatic nitrogens is 1. The van der Waals surface area contributed by atoms with Crippen molar-refractivity contribution in [2.75, 3.05) is 0 Å². The number of benzene rings is 3. The van der Waals surface area contributed by atoms with Crippen molar-refractivity contribution in [1.29, 1.82) is 0 Å². The summed E-state index contributed by atoms with van der Waals surface area (Å²) in [4.78, 5) is 3.78. The molecule has 0 amide bonds. The van der Waals surface area contributed by atoms with E-state index in [0.717, 1.165) is 0 Å². The summed E-state index contributed by atoms with van der Waals surface area (Å²) in [5.74, 6) is 0. The summed E-state index contributed by atoms with van der Waals surface area (Å²) in [6.45, 7) is 70.1. The molecular formula is C69H151NOS. The first-order valence-corrected chi connectivity index (χ1v) is 28.6. The maximum Gasteiger partial charge on any atom is 0.0902 e. The molecule has 3 heteroatoms. The summed E-state index contributed by atoms with van der Waals surface area (Å²) in [7, 11) is 0. The normalized spacial score (nSPS) is 5.43. The molecule has 0 spiro atoms. The second kappa shape index (κ2) is 252. The lowest BCUT2D eigenvalue weighted by molar-refractivity contribution is 0.567. The summed E-state index contributed by atoms with van der Waals surface area (Å²) < 4.78 is 4.58. The predicted octanol–water partition coefficient (Wildman–Crippen LogP) is 29.6. The van der Waals surface area contributed by atoms with Crippen LogP contribution in [0.15, 0.2) is 161 Å². The lowest BCUT2D eigenvalue weighted by Crippen LogP contribution is -1.67. The summed E-state index contributed by atoms with van der Waals surface area (Å²) >= 11 is 1.71. The largest absolute Gasteiger partial charge is 0.473 e. The van der Waals surface area contributed by atoms with Crippen LogP contribution in [0.25, 0.3) is 10.8 Å². The van der Waals surface area contributed by atoms with Crippen LogP contribution in [0.3, 0.4) is 0 Å². The van der Waals surface area contributed by atoms with Crippen molar-refractivity contribution in [3.63, 3.8) is 0 Å². The van der Waals surface area contributed by atoms with Crippen molar-refractivity contribution < 1.29 is 4.42 Å². The Hall–Kier alpha value is -3.95. The molecule has 6 aromatic rings. The zero-order valence-corrected chi connectivity index (χ0v) is 53.6. The fraction of sp³-hybridized carbons (Fsp3) is 0.580. The Morgan fingerprint density at radius 3 is 0.583 bits per heavy atom. The Morgan fingerprint density at radius 1 is 0.264 bits per heavy atom. The van der Waals surface area contributed by atoms with Crippen LogP contribution in [-0.4, -0.2) is 4.98 Å². The highest BCUT2D eigenvalue weighted by molar-refractivity contribution is 7.07. The number of pyridine rings is 1. The first-order chi connectivity index (χ1) is 33.4. The van der Waals surface area contributed by atoms with Crippen molar-refractivity contribution in [2.24, 2.45) is 0 Å². The number of fused-ring (bicyclic) bond motifs is 1. The van der Waals surface area contributed by atoms with Gasteiger partial charge in [-0.25, -0.2) is 0 Å². The Morgan fingerprint density at radius 2 is 0.472 bits per heavy atom. The number of hydrogen-bond donors (Lipinski definition) is 0. The van der Waals surface area contributed by atoms with Crippen molar-refractivity contribution >= 4 is 22.1 Å². The van der Waals surface area contributed by atoms with Crippen LogP contribution in [0, 0.1) is 6.92 Å². The molecule has 3 aromatic heterocycles. The molecule has 3 heterocycles. The molecule has 0 bridgehead atoms. The smallest absolute Gasteiger partial charge is 0.0902 e. The third-order valence-electron chi connectivity index (χ3n) is 4.02. The average Bonchev–Trinajstić information content (AvgIpc) is 4.31. The molecule has 0 aliphatic carbocycles. The van der Waals surface area contributed by atoms with E-state index < -0.39 is 0 Å². The highest BCUT2D eigenvalue weighted by Crippen LogP contribution is 2.11. The first-order valence-electron chi connectivity index (χ1n) is 27.6. The molecule has 6 rings (SSSR count). The van der Waals surface area contributed by atoms with E-state index in [0.29, 0.717) is 0 Å². The minimum absolute atomic E-state index is 0. The third kappa shape index (κ3) is 193. The zero-order chi connectivity index (χ0) is 57.2. The molecule has 444 valence electrons. The summed E-state index contributed by atoms with van der Waals surface area (Å²) in [5.41, 5.74) is 1.32. The van der Waals surface area contributed by atoms with Gasteiger partial charge >= 0.3 is 0 Å². The number of rotatable bonds is 0. The number of aryl methyl sites for hydroxylation is 1. The van der Waals surface area contributed by atoms with E-state index in [4.69, 9.17) is 0 Å². The molecule has 0 radical (unpaired) electrons. The highest BCUT2D eigenvalue weighted by atomic mass is 32.1. The quantitative estimate of drug-likeness (QED) is 0.152. The van der Waals surface area contributed by atoms with Crippen LogP contribution in [0.1, 0.15) is 278 Å². The minimum Gasteiger partial charge on any atom is -0.473 e. The fourth-order valence-electron chi connectivity index (χ4n) is 2.43. The molecule has 0 fully saturated rings. The van der Waals surface area contributed by atoms with Crippen molar-refractivity contribution in [1.82, 2.24) is 4.98 Å². The summed E-state index contributed by atoms with van der Waals surface area (Å²) in [6, 6.07) is 40.4. The van der Waals surface area contributed by atoms with E-state index in [1.165, 1.54) is 16.3 Å². The number of thiophene rings is 1. The van der Waals surface area contributed by atoms with Gasteiger partial charge in [-0.1, -0.05) is 375 Å². The molecule has 0 atom stereocenters. The number of furan rings is 1. The van der Waals surface area contributed by atoms with Crippen LogP contribution >= 0.6 is 11.3 Å². The van der Waals surface area contributed by atoms with E-state index in [-0.39, 0.29) is 37.1 Å². The fourth-order valence-corrected chi connectivity index (χ4v) is 2.89. The topological polar surface area (TPSA) is 26.0 Å². The summed E-state index contributed by atoms with van der Waals surface area (Å²) in [6.07, 6.45) is 6.75. The third-order valence-corrected chi connectivity index (χ3v) is 4.64. The van der Waals surface area contributed by atoms with Gasteiger partial charge in [0.15, 0.2) is 0 Å². The Kier molecular flexibility index (Phi) is 484. The zero-order valence-electron chi connectivity index (χ0n) is 52.8. The molecule has 72 heavy (non-hydrogen) atoms. The van der Waals surface area contributed by atoms with Crippen LogP contribution < -0.4 is 0 Å². The van der Waals surface area contributed by atoms with Gasteiger partial charge in [0.1, 0.15) is 0 Å². The minimum atomic E-state index is 0. The average molecular weight is 1040 g/mol. The Balaban J connectivity index is -0.0000000206. The van der Waals surface area contributed by atoms with Gasteiger partial charge in [-0.2, -0.15) is 11.3 Å². The van der Waals surface area contributed by atoms with Gasteiger partial charge in [-0.05, 0) is 52.7 Å². The number of hydrogen-bond acceptors (Lipinski definition) is 3. The van der Waals surface area contributed by atoms with Gasteiger partial charge in [0, 0.05) is 12.4 Å². The van der Waals surface area contributed by atoms with Crippen LogP contribution in [0.5, 0.6) is 0 Å². The van der Waals surface area contributed by atoms with E-state index in [1.807, 2.05) is 307 Å². The van der Waals surface area contributed by atoms with E-state index >= 15 is 0 Å². The molecule has 0 aliphatic rings. The lowest BCUT2D eigenvalue weighted by atomic mass is 10.1. The molecule has 0 unspecified atom stereocenters. The highest BCUT2D eigenvalue weighted by Gasteiger charge is 1.85. The van der Waals surface area contributed by atoms with Gasteiger partial charge in [0.2, 0.25) is 0 Å². The second-order valence-electron chi connectivity index (χ2n) is 6.61. The standard InChI is InChI=1S/C10H8.C7H8.C5H5N.C4H4O.C4H4S.17C2H6.5CH4/c1-2-6-10-8-4-3-7-9(10)5-1;1-7-5-3-2-4-6-7;1-2-4-6-5-3-1;2*1-2-4-5-3-1;17*1-2;;;;;/h1-8H;2-6H,1H3;1-5H;2*1-4H;17*1-2H3;5*1H4. The van der Waals surface area contributed by atoms with Crippen molar-refractivity contribution in [3.05, 3.63) is 163 Å². The van der Waals surface area contributed by atoms with Crippen molar-refractivity contribution in [2.45, 2.75) is 279 Å². The molecular weight excluding hydrogens is 891 g/mol. The first kappa shape index (κ1) is 138. The number of nitrogens with zero attached hydrogens (tertiary/aromatic N) is 1. The SMILES string of the molecule is C.C.C.C.C.CC.CC.CC.CC.CC.CC.CC.CC.CC.CC.CC.CC.CC.CC.CC.CC.CC.Cc1ccccc1.c1ccc2ccccc2c1.c1ccncc1.c1ccoc1.c1ccsc1. The monoisotopic (exact) mass is 1040 g/mol. The molecule has 0 N–H and O–H groups in total. The molecule has 3 aromatic carbocycles. The van der Waals surface area contributed by atoms with Crippen molar-refractivity contribution in [3.8, 4) is 0 Å². The van der Waals surface area contributed by atoms with E-state index in [2.05, 4.69) is 77.0 Å². The van der Waals surface area contributed by atoms with Gasteiger partial charge < -0.3 is 4.42 Å². The predicted molar refractivity (Wildman–Crippen MR) is 369 cm³/mol. The van der Waals surface area contributed by atoms with Crippen LogP contribution in [-0.2, 0) is 0 Å². The van der Waals surface area contributed by atoms with Gasteiger partial charge in [-0.3, -0.25) is 4.98 Å². The summed E-state index contributed by atoms with van der Waals surface area (Å²) in [5, 5.41) is 6.70. The van der Waals surface area contributed by atoms with E-state index in [1.54, 1.807) is 36.3 Å². The van der Waals surface area contributed by atoms with Crippen LogP contribution in [0.4, 0.5) is 0 Å². The molecule has 2 nitrogen and oxygen atoms in total. The van der Waals surface area contributed by atoms with Gasteiger partial charge in [-0.15, -0.1) is 0 Å². The maximum atomic E-state index is 4.58. The maximum absolute atomic E-state index is 4.58. The molecule has 0 saturated heterocycles. The lowest BCUT2D eigenvalue weighted by Gasteiger charge is -1.92. The van der Waals surface area contributed by atoms with E-state index in [9.17, 15) is 0 Å².